The van der Waals surface area contributed by atoms with Crippen molar-refractivity contribution >= 4 is 11.6 Å². The lowest BCUT2D eigenvalue weighted by atomic mass is 10.1. The van der Waals surface area contributed by atoms with E-state index in [2.05, 4.69) is 41.0 Å². The molecule has 0 fully saturated rings. The first-order valence-electron chi connectivity index (χ1n) is 7.65. The molecule has 0 radical (unpaired) electrons. The van der Waals surface area contributed by atoms with Crippen molar-refractivity contribution in [1.82, 2.24) is 9.97 Å². The highest BCUT2D eigenvalue weighted by Gasteiger charge is 2.16. The van der Waals surface area contributed by atoms with Gasteiger partial charge in [0, 0.05) is 18.7 Å². The van der Waals surface area contributed by atoms with Gasteiger partial charge in [-0.15, -0.1) is 0 Å². The van der Waals surface area contributed by atoms with Gasteiger partial charge in [0.2, 0.25) is 0 Å². The zero-order valence-corrected chi connectivity index (χ0v) is 13.1. The Hall–Kier alpha value is -2.04. The molecule has 0 spiro atoms. The van der Waals surface area contributed by atoms with Gasteiger partial charge in [-0.2, -0.15) is 0 Å². The molecule has 0 unspecified atom stereocenters. The molecular formula is C16H24N4O. The van der Waals surface area contributed by atoms with Gasteiger partial charge in [-0.3, -0.25) is 0 Å². The Labute approximate surface area is 126 Å². The van der Waals surface area contributed by atoms with Gasteiger partial charge < -0.3 is 14.6 Å². The highest BCUT2D eigenvalue weighted by molar-refractivity contribution is 5.58. The molecule has 0 saturated carbocycles. The average molecular weight is 288 g/mol. The van der Waals surface area contributed by atoms with E-state index in [1.165, 1.54) is 5.56 Å². The second kappa shape index (κ2) is 7.67. The van der Waals surface area contributed by atoms with Gasteiger partial charge in [-0.25, -0.2) is 9.97 Å². The normalized spacial score (nSPS) is 10.6. The fraction of sp³-hybridized carbons (Fsp3) is 0.500. The number of aromatic nitrogens is 2. The van der Waals surface area contributed by atoms with Crippen molar-refractivity contribution in [3.05, 3.63) is 36.0 Å². The van der Waals surface area contributed by atoms with Gasteiger partial charge in [-0.1, -0.05) is 13.3 Å². The second-order valence-electron chi connectivity index (χ2n) is 4.90. The first kappa shape index (κ1) is 15.4. The Kier molecular flexibility index (Phi) is 5.60. The minimum Gasteiger partial charge on any atom is -0.467 e. The van der Waals surface area contributed by atoms with E-state index >= 15 is 0 Å². The van der Waals surface area contributed by atoms with Crippen LogP contribution in [0.15, 0.2) is 29.1 Å². The third kappa shape index (κ3) is 3.74. The van der Waals surface area contributed by atoms with Crippen LogP contribution in [0.25, 0.3) is 0 Å². The predicted octanol–water partition coefficient (Wildman–Crippen LogP) is 3.48. The smallest absolute Gasteiger partial charge is 0.137 e. The molecule has 5 heteroatoms. The molecule has 2 aromatic rings. The average Bonchev–Trinajstić information content (AvgIpc) is 3.00. The highest BCUT2D eigenvalue weighted by Crippen LogP contribution is 2.26. The predicted molar refractivity (Wildman–Crippen MR) is 85.6 cm³/mol. The van der Waals surface area contributed by atoms with Gasteiger partial charge in [0.25, 0.3) is 0 Å². The number of rotatable bonds is 8. The molecule has 0 aliphatic heterocycles. The molecule has 0 aliphatic rings. The lowest BCUT2D eigenvalue weighted by molar-refractivity contribution is 0.502. The second-order valence-corrected chi connectivity index (χ2v) is 4.90. The molecule has 2 aromatic heterocycles. The standard InChI is InChI=1S/C16H24N4O/c1-4-8-14-15(17-5-2)18-12-19-16(14)20(6-3)11-13-9-7-10-21-13/h7,9-10,12H,4-6,8,11H2,1-3H3,(H,17,18,19). The minimum absolute atomic E-state index is 0.725. The van der Waals surface area contributed by atoms with Gasteiger partial charge in [-0.05, 0) is 32.4 Å². The maximum absolute atomic E-state index is 5.46. The fourth-order valence-corrected chi connectivity index (χ4v) is 2.40. The number of anilines is 2. The summed E-state index contributed by atoms with van der Waals surface area (Å²) in [5.74, 6) is 2.90. The molecule has 21 heavy (non-hydrogen) atoms. The molecule has 0 aliphatic carbocycles. The van der Waals surface area contributed by atoms with Crippen molar-refractivity contribution in [1.29, 1.82) is 0 Å². The summed E-state index contributed by atoms with van der Waals surface area (Å²) in [5.41, 5.74) is 1.19. The quantitative estimate of drug-likeness (QED) is 0.806. The summed E-state index contributed by atoms with van der Waals surface area (Å²) in [6, 6.07) is 3.91. The lowest BCUT2D eigenvalue weighted by Crippen LogP contribution is -2.25. The van der Waals surface area contributed by atoms with Crippen LogP contribution in [0.5, 0.6) is 0 Å². The highest BCUT2D eigenvalue weighted by atomic mass is 16.3. The Balaban J connectivity index is 2.32. The summed E-state index contributed by atoms with van der Waals surface area (Å²) in [4.78, 5) is 11.1. The van der Waals surface area contributed by atoms with Crippen LogP contribution in [-0.2, 0) is 13.0 Å². The summed E-state index contributed by atoms with van der Waals surface area (Å²) >= 11 is 0. The van der Waals surface area contributed by atoms with E-state index in [9.17, 15) is 0 Å². The zero-order valence-electron chi connectivity index (χ0n) is 13.1. The zero-order chi connectivity index (χ0) is 15.1. The van der Waals surface area contributed by atoms with E-state index in [4.69, 9.17) is 4.42 Å². The topological polar surface area (TPSA) is 54.2 Å². The molecular weight excluding hydrogens is 264 g/mol. The molecule has 5 nitrogen and oxygen atoms in total. The van der Waals surface area contributed by atoms with Crippen LogP contribution in [0.4, 0.5) is 11.6 Å². The van der Waals surface area contributed by atoms with E-state index in [0.717, 1.165) is 49.9 Å². The number of nitrogens with one attached hydrogen (secondary N) is 1. The van der Waals surface area contributed by atoms with Crippen molar-refractivity contribution in [3.63, 3.8) is 0 Å². The Bertz CT molecular complexity index is 539. The molecule has 0 atom stereocenters. The van der Waals surface area contributed by atoms with Gasteiger partial charge >= 0.3 is 0 Å². The van der Waals surface area contributed by atoms with Crippen molar-refractivity contribution in [2.75, 3.05) is 23.3 Å². The van der Waals surface area contributed by atoms with E-state index in [1.54, 1.807) is 12.6 Å². The lowest BCUT2D eigenvalue weighted by Gasteiger charge is -2.24. The first-order chi connectivity index (χ1) is 10.3. The Morgan fingerprint density at radius 2 is 2.10 bits per heavy atom. The van der Waals surface area contributed by atoms with E-state index in [1.807, 2.05) is 12.1 Å². The third-order valence-corrected chi connectivity index (χ3v) is 3.37. The molecule has 0 saturated heterocycles. The summed E-state index contributed by atoms with van der Waals surface area (Å²) in [5, 5.41) is 3.34. The summed E-state index contributed by atoms with van der Waals surface area (Å²) < 4.78 is 5.46. The molecule has 1 N–H and O–H groups in total. The van der Waals surface area contributed by atoms with Crippen LogP contribution in [0.3, 0.4) is 0 Å². The van der Waals surface area contributed by atoms with E-state index in [0.29, 0.717) is 0 Å². The summed E-state index contributed by atoms with van der Waals surface area (Å²) in [7, 11) is 0. The first-order valence-corrected chi connectivity index (χ1v) is 7.65. The Morgan fingerprint density at radius 3 is 2.71 bits per heavy atom. The van der Waals surface area contributed by atoms with Crippen LogP contribution in [-0.4, -0.2) is 23.1 Å². The number of furan rings is 1. The van der Waals surface area contributed by atoms with E-state index in [-0.39, 0.29) is 0 Å². The molecule has 114 valence electrons. The number of hydrogen-bond donors (Lipinski definition) is 1. The van der Waals surface area contributed by atoms with Crippen molar-refractivity contribution < 1.29 is 4.42 Å². The van der Waals surface area contributed by atoms with Crippen LogP contribution >= 0.6 is 0 Å². The van der Waals surface area contributed by atoms with Crippen LogP contribution in [0, 0.1) is 0 Å². The van der Waals surface area contributed by atoms with Gasteiger partial charge in [0.15, 0.2) is 0 Å². The van der Waals surface area contributed by atoms with Crippen LogP contribution in [0.2, 0.25) is 0 Å². The van der Waals surface area contributed by atoms with Crippen molar-refractivity contribution in [3.8, 4) is 0 Å². The van der Waals surface area contributed by atoms with Crippen molar-refractivity contribution in [2.24, 2.45) is 0 Å². The number of hydrogen-bond acceptors (Lipinski definition) is 5. The molecule has 0 aromatic carbocycles. The molecule has 0 bridgehead atoms. The fourth-order valence-electron chi connectivity index (χ4n) is 2.40. The maximum atomic E-state index is 5.46. The largest absolute Gasteiger partial charge is 0.467 e. The van der Waals surface area contributed by atoms with Crippen LogP contribution in [0.1, 0.15) is 38.5 Å². The molecule has 2 heterocycles. The third-order valence-electron chi connectivity index (χ3n) is 3.37. The molecule has 0 amide bonds. The SMILES string of the molecule is CCCc1c(NCC)ncnc1N(CC)Cc1ccco1. The van der Waals surface area contributed by atoms with Crippen molar-refractivity contribution in [2.45, 2.75) is 40.2 Å². The minimum atomic E-state index is 0.725. The monoisotopic (exact) mass is 288 g/mol. The summed E-state index contributed by atoms with van der Waals surface area (Å²) in [6.07, 6.45) is 5.38. The van der Waals surface area contributed by atoms with Gasteiger partial charge in [0.1, 0.15) is 23.7 Å². The number of nitrogens with zero attached hydrogens (tertiary/aromatic N) is 3. The Morgan fingerprint density at radius 1 is 1.24 bits per heavy atom. The van der Waals surface area contributed by atoms with E-state index < -0.39 is 0 Å². The van der Waals surface area contributed by atoms with Gasteiger partial charge in [0.05, 0.1) is 12.8 Å². The van der Waals surface area contributed by atoms with Crippen LogP contribution < -0.4 is 10.2 Å². The summed E-state index contributed by atoms with van der Waals surface area (Å²) in [6.45, 7) is 8.85. The molecule has 2 rings (SSSR count). The maximum Gasteiger partial charge on any atom is 0.137 e.